The largest absolute Gasteiger partial charge is 0.325 e. The number of hydrogen-bond acceptors (Lipinski definition) is 4. The summed E-state index contributed by atoms with van der Waals surface area (Å²) in [6.07, 6.45) is 1.38. The van der Waals surface area contributed by atoms with Crippen molar-refractivity contribution < 1.29 is 22.5 Å². The zero-order valence-electron chi connectivity index (χ0n) is 16.1. The molecule has 0 atom stereocenters. The molecule has 1 aliphatic rings. The molecule has 29 heavy (non-hydrogen) atoms. The van der Waals surface area contributed by atoms with E-state index >= 15 is 0 Å². The van der Waals surface area contributed by atoms with E-state index in [2.05, 4.69) is 10.5 Å². The average molecular weight is 420 g/mol. The van der Waals surface area contributed by atoms with Crippen molar-refractivity contribution in [2.45, 2.75) is 11.8 Å². The second-order valence-electron chi connectivity index (χ2n) is 6.99. The van der Waals surface area contributed by atoms with Gasteiger partial charge in [0.1, 0.15) is 5.82 Å². The van der Waals surface area contributed by atoms with Gasteiger partial charge in [0, 0.05) is 0 Å². The van der Waals surface area contributed by atoms with Gasteiger partial charge in [0.2, 0.25) is 10.0 Å². The molecule has 0 radical (unpaired) electrons. The summed E-state index contributed by atoms with van der Waals surface area (Å²) in [6.45, 7) is 3.87. The number of rotatable bonds is 6. The Morgan fingerprint density at radius 3 is 2.55 bits per heavy atom. The standard InChI is InChI=1S/C20H23FN4O3S/c1-16-5-7-19(8-6-16)29(27,28)25-11-9-24(10-12-25)15-20(26)23-22-14-17-3-2-4-18(21)13-17/h2-8,13-14H,9-12,15H2,1H3,(H,23,26)/p+1/b22-14+. The molecule has 0 aliphatic carbocycles. The van der Waals surface area contributed by atoms with Crippen LogP contribution < -0.4 is 10.3 Å². The van der Waals surface area contributed by atoms with Gasteiger partial charge < -0.3 is 4.90 Å². The summed E-state index contributed by atoms with van der Waals surface area (Å²) in [5, 5.41) is 3.84. The molecular weight excluding hydrogens is 395 g/mol. The van der Waals surface area contributed by atoms with Crippen molar-refractivity contribution in [1.29, 1.82) is 0 Å². The molecular formula is C20H24FN4O3S+. The van der Waals surface area contributed by atoms with Gasteiger partial charge in [0.05, 0.1) is 37.3 Å². The van der Waals surface area contributed by atoms with E-state index in [1.54, 1.807) is 36.4 Å². The predicted octanol–water partition coefficient (Wildman–Crippen LogP) is 0.174. The number of aryl methyl sites for hydroxylation is 1. The molecule has 0 spiro atoms. The van der Waals surface area contributed by atoms with Crippen LogP contribution in [0.25, 0.3) is 0 Å². The molecule has 1 heterocycles. The van der Waals surface area contributed by atoms with Crippen molar-refractivity contribution in [2.75, 3.05) is 32.7 Å². The van der Waals surface area contributed by atoms with Gasteiger partial charge in [-0.25, -0.2) is 18.2 Å². The highest BCUT2D eigenvalue weighted by Crippen LogP contribution is 2.16. The molecule has 2 aromatic carbocycles. The molecule has 0 saturated carbocycles. The van der Waals surface area contributed by atoms with E-state index in [-0.39, 0.29) is 23.2 Å². The smallest absolute Gasteiger partial charge is 0.295 e. The first-order valence-electron chi connectivity index (χ1n) is 9.32. The van der Waals surface area contributed by atoms with Crippen LogP contribution in [-0.2, 0) is 14.8 Å². The molecule has 0 bridgehead atoms. The maximum atomic E-state index is 13.1. The Kier molecular flexibility index (Phi) is 6.73. The van der Waals surface area contributed by atoms with E-state index in [1.165, 1.54) is 22.7 Å². The molecule has 154 valence electrons. The molecule has 1 saturated heterocycles. The van der Waals surface area contributed by atoms with E-state index in [1.807, 2.05) is 6.92 Å². The molecule has 1 fully saturated rings. The van der Waals surface area contributed by atoms with Crippen molar-refractivity contribution in [2.24, 2.45) is 5.10 Å². The van der Waals surface area contributed by atoms with E-state index in [0.717, 1.165) is 10.5 Å². The number of sulfonamides is 1. The number of amides is 1. The van der Waals surface area contributed by atoms with Crippen LogP contribution in [-0.4, -0.2) is 57.6 Å². The average Bonchev–Trinajstić information content (AvgIpc) is 2.69. The molecule has 7 nitrogen and oxygen atoms in total. The SMILES string of the molecule is Cc1ccc(S(=O)(=O)N2CC[NH+](CC(=O)N/N=C/c3cccc(F)c3)CC2)cc1. The minimum atomic E-state index is -3.51. The number of hydrazone groups is 1. The monoisotopic (exact) mass is 419 g/mol. The van der Waals surface area contributed by atoms with Gasteiger partial charge in [-0.1, -0.05) is 29.8 Å². The summed E-state index contributed by atoms with van der Waals surface area (Å²) in [6, 6.07) is 12.7. The lowest BCUT2D eigenvalue weighted by atomic mass is 10.2. The van der Waals surface area contributed by atoms with Crippen molar-refractivity contribution in [1.82, 2.24) is 9.73 Å². The quantitative estimate of drug-likeness (QED) is 0.517. The fraction of sp³-hybridized carbons (Fsp3) is 0.300. The predicted molar refractivity (Wildman–Crippen MR) is 108 cm³/mol. The van der Waals surface area contributed by atoms with Crippen molar-refractivity contribution in [3.05, 3.63) is 65.5 Å². The lowest BCUT2D eigenvalue weighted by Crippen LogP contribution is -3.15. The number of carbonyl (C=O) groups is 1. The van der Waals surface area contributed by atoms with E-state index < -0.39 is 10.0 Å². The van der Waals surface area contributed by atoms with Crippen molar-refractivity contribution in [3.63, 3.8) is 0 Å². The van der Waals surface area contributed by atoms with Crippen LogP contribution in [0, 0.1) is 12.7 Å². The lowest BCUT2D eigenvalue weighted by Gasteiger charge is -2.31. The summed E-state index contributed by atoms with van der Waals surface area (Å²) in [5.74, 6) is -0.648. The molecule has 9 heteroatoms. The molecule has 1 amide bonds. The second kappa shape index (κ2) is 9.25. The fourth-order valence-corrected chi connectivity index (χ4v) is 4.55. The summed E-state index contributed by atoms with van der Waals surface area (Å²) in [5.41, 5.74) is 3.98. The first-order valence-corrected chi connectivity index (χ1v) is 10.8. The Bertz CT molecular complexity index is 985. The van der Waals surface area contributed by atoms with Crippen LogP contribution in [0.4, 0.5) is 4.39 Å². The number of halogens is 1. The van der Waals surface area contributed by atoms with Gasteiger partial charge >= 0.3 is 0 Å². The van der Waals surface area contributed by atoms with E-state index in [4.69, 9.17) is 0 Å². The van der Waals surface area contributed by atoms with Gasteiger partial charge in [-0.3, -0.25) is 4.79 Å². The molecule has 3 rings (SSSR count). The van der Waals surface area contributed by atoms with Crippen LogP contribution in [0.15, 0.2) is 58.5 Å². The molecule has 0 unspecified atom stereocenters. The minimum Gasteiger partial charge on any atom is -0.325 e. The minimum absolute atomic E-state index is 0.193. The number of carbonyl (C=O) groups excluding carboxylic acids is 1. The third-order valence-corrected chi connectivity index (χ3v) is 6.66. The van der Waals surface area contributed by atoms with Crippen LogP contribution in [0.5, 0.6) is 0 Å². The number of benzene rings is 2. The van der Waals surface area contributed by atoms with Crippen LogP contribution in [0.1, 0.15) is 11.1 Å². The first kappa shape index (κ1) is 21.1. The van der Waals surface area contributed by atoms with E-state index in [9.17, 15) is 17.6 Å². The van der Waals surface area contributed by atoms with E-state index in [0.29, 0.717) is 31.7 Å². The van der Waals surface area contributed by atoms with Crippen LogP contribution in [0.3, 0.4) is 0 Å². The Morgan fingerprint density at radius 2 is 1.90 bits per heavy atom. The number of nitrogens with zero attached hydrogens (tertiary/aromatic N) is 2. The highest BCUT2D eigenvalue weighted by Gasteiger charge is 2.31. The zero-order chi connectivity index (χ0) is 20.9. The molecule has 2 N–H and O–H groups in total. The highest BCUT2D eigenvalue weighted by molar-refractivity contribution is 7.89. The number of hydrogen-bond donors (Lipinski definition) is 2. The summed E-state index contributed by atoms with van der Waals surface area (Å²) in [4.78, 5) is 13.3. The number of piperazine rings is 1. The van der Waals surface area contributed by atoms with Crippen molar-refractivity contribution in [3.8, 4) is 0 Å². The topological polar surface area (TPSA) is 83.3 Å². The Hall–Kier alpha value is -2.62. The summed E-state index contributed by atoms with van der Waals surface area (Å²) < 4.78 is 40.0. The zero-order valence-corrected chi connectivity index (χ0v) is 17.0. The number of quaternary nitrogens is 1. The highest BCUT2D eigenvalue weighted by atomic mass is 32.2. The molecule has 1 aliphatic heterocycles. The van der Waals surface area contributed by atoms with Crippen molar-refractivity contribution >= 4 is 22.1 Å². The van der Waals surface area contributed by atoms with Crippen LogP contribution in [0.2, 0.25) is 0 Å². The lowest BCUT2D eigenvalue weighted by molar-refractivity contribution is -0.895. The molecule has 0 aromatic heterocycles. The Labute approximate surface area is 169 Å². The van der Waals surface area contributed by atoms with Crippen LogP contribution >= 0.6 is 0 Å². The van der Waals surface area contributed by atoms with Gasteiger partial charge in [-0.2, -0.15) is 9.41 Å². The van der Waals surface area contributed by atoms with Gasteiger partial charge in [-0.15, -0.1) is 0 Å². The van der Waals surface area contributed by atoms with Gasteiger partial charge in [0.25, 0.3) is 5.91 Å². The molecule has 2 aromatic rings. The Morgan fingerprint density at radius 1 is 1.21 bits per heavy atom. The third-order valence-electron chi connectivity index (χ3n) is 4.75. The van der Waals surface area contributed by atoms with Gasteiger partial charge in [0.15, 0.2) is 6.54 Å². The third kappa shape index (κ3) is 5.69. The second-order valence-corrected chi connectivity index (χ2v) is 8.93. The number of nitrogens with one attached hydrogen (secondary N) is 2. The first-order chi connectivity index (χ1) is 13.8. The summed E-state index contributed by atoms with van der Waals surface area (Å²) >= 11 is 0. The summed E-state index contributed by atoms with van der Waals surface area (Å²) in [7, 11) is -3.51. The van der Waals surface area contributed by atoms with Gasteiger partial charge in [-0.05, 0) is 36.8 Å². The maximum absolute atomic E-state index is 13.1. The normalized spacial score (nSPS) is 16.2. The fourth-order valence-electron chi connectivity index (χ4n) is 3.11. The maximum Gasteiger partial charge on any atom is 0.295 e. The Balaban J connectivity index is 1.48.